The smallest absolute Gasteiger partial charge is 0.261 e. The van der Waals surface area contributed by atoms with E-state index in [4.69, 9.17) is 14.2 Å². The van der Waals surface area contributed by atoms with Gasteiger partial charge in [-0.15, -0.1) is 0 Å². The second kappa shape index (κ2) is 9.86. The van der Waals surface area contributed by atoms with E-state index in [1.165, 1.54) is 0 Å². The molecule has 0 fully saturated rings. The number of carbonyl (C=O) groups excluding carboxylic acids is 1. The molecule has 2 aromatic carbocycles. The number of benzene rings is 2. The third kappa shape index (κ3) is 5.64. The van der Waals surface area contributed by atoms with Crippen LogP contribution in [-0.2, 0) is 11.3 Å². The van der Waals surface area contributed by atoms with Crippen LogP contribution in [-0.4, -0.2) is 25.2 Å². The SMILES string of the molecule is CCOc1ccc(CNC(=O)[C@H](C)Oc2cccc(C)c2C)cc1OCC. The highest BCUT2D eigenvalue weighted by Gasteiger charge is 2.16. The van der Waals surface area contributed by atoms with Crippen LogP contribution in [0.25, 0.3) is 0 Å². The first kappa shape index (κ1) is 20.6. The van der Waals surface area contributed by atoms with Crippen molar-refractivity contribution in [2.75, 3.05) is 13.2 Å². The van der Waals surface area contributed by atoms with Crippen molar-refractivity contribution in [1.29, 1.82) is 0 Å². The standard InChI is InChI=1S/C22H29NO4/c1-6-25-20-12-11-18(13-21(20)26-7-2)14-23-22(24)17(5)27-19-10-8-9-15(3)16(19)4/h8-13,17H,6-7,14H2,1-5H3,(H,23,24)/t17-/m0/s1. The van der Waals surface area contributed by atoms with Crippen molar-refractivity contribution in [3.63, 3.8) is 0 Å². The summed E-state index contributed by atoms with van der Waals surface area (Å²) in [5.41, 5.74) is 3.12. The van der Waals surface area contributed by atoms with Crippen LogP contribution in [0.5, 0.6) is 17.2 Å². The van der Waals surface area contributed by atoms with Crippen molar-refractivity contribution in [2.45, 2.75) is 47.3 Å². The van der Waals surface area contributed by atoms with Crippen molar-refractivity contribution in [1.82, 2.24) is 5.32 Å². The Balaban J connectivity index is 1.97. The number of aryl methyl sites for hydroxylation is 1. The Morgan fingerprint density at radius 3 is 2.41 bits per heavy atom. The zero-order valence-electron chi connectivity index (χ0n) is 16.8. The quantitative estimate of drug-likeness (QED) is 0.718. The van der Waals surface area contributed by atoms with E-state index in [1.54, 1.807) is 6.92 Å². The van der Waals surface area contributed by atoms with Crippen molar-refractivity contribution in [3.05, 3.63) is 53.1 Å². The third-order valence-corrected chi connectivity index (χ3v) is 4.30. The summed E-state index contributed by atoms with van der Waals surface area (Å²) < 4.78 is 17.0. The lowest BCUT2D eigenvalue weighted by molar-refractivity contribution is -0.127. The van der Waals surface area contributed by atoms with E-state index >= 15 is 0 Å². The van der Waals surface area contributed by atoms with Crippen molar-refractivity contribution >= 4 is 5.91 Å². The molecule has 146 valence electrons. The Kier molecular flexibility index (Phi) is 7.53. The van der Waals surface area contributed by atoms with E-state index in [-0.39, 0.29) is 5.91 Å². The van der Waals surface area contributed by atoms with E-state index in [1.807, 2.05) is 64.1 Å². The predicted molar refractivity (Wildman–Crippen MR) is 107 cm³/mol. The molecular formula is C22H29NO4. The van der Waals surface area contributed by atoms with Crippen LogP contribution in [0.4, 0.5) is 0 Å². The highest BCUT2D eigenvalue weighted by Crippen LogP contribution is 2.28. The molecule has 5 heteroatoms. The van der Waals surface area contributed by atoms with Gasteiger partial charge in [0.2, 0.25) is 0 Å². The average molecular weight is 371 g/mol. The molecule has 0 aliphatic carbocycles. The van der Waals surface area contributed by atoms with E-state index in [2.05, 4.69) is 5.32 Å². The number of rotatable bonds is 9. The Bertz CT molecular complexity index is 773. The van der Waals surface area contributed by atoms with Crippen LogP contribution in [0.1, 0.15) is 37.5 Å². The van der Waals surface area contributed by atoms with Gasteiger partial charge in [0.25, 0.3) is 5.91 Å². The van der Waals surface area contributed by atoms with Gasteiger partial charge < -0.3 is 19.5 Å². The van der Waals surface area contributed by atoms with E-state index < -0.39 is 6.10 Å². The molecule has 5 nitrogen and oxygen atoms in total. The lowest BCUT2D eigenvalue weighted by atomic mass is 10.1. The molecule has 0 spiro atoms. The lowest BCUT2D eigenvalue weighted by Gasteiger charge is -2.17. The molecule has 0 saturated carbocycles. The minimum atomic E-state index is -0.584. The number of amides is 1. The molecule has 2 rings (SSSR count). The Morgan fingerprint density at radius 1 is 1.00 bits per heavy atom. The highest BCUT2D eigenvalue weighted by molar-refractivity contribution is 5.80. The summed E-state index contributed by atoms with van der Waals surface area (Å²) in [6.45, 7) is 11.1. The summed E-state index contributed by atoms with van der Waals surface area (Å²) in [6.07, 6.45) is -0.584. The maximum atomic E-state index is 12.4. The van der Waals surface area contributed by atoms with Gasteiger partial charge >= 0.3 is 0 Å². The summed E-state index contributed by atoms with van der Waals surface area (Å²) in [5.74, 6) is 1.96. The molecular weight excluding hydrogens is 342 g/mol. The van der Waals surface area contributed by atoms with Crippen molar-refractivity contribution in [3.8, 4) is 17.2 Å². The van der Waals surface area contributed by atoms with Crippen LogP contribution in [0, 0.1) is 13.8 Å². The molecule has 2 aromatic rings. The van der Waals surface area contributed by atoms with Gasteiger partial charge in [-0.25, -0.2) is 0 Å². The number of hydrogen-bond donors (Lipinski definition) is 1. The van der Waals surface area contributed by atoms with Gasteiger partial charge in [0.15, 0.2) is 17.6 Å². The summed E-state index contributed by atoms with van der Waals surface area (Å²) in [7, 11) is 0. The Labute approximate surface area is 161 Å². The maximum absolute atomic E-state index is 12.4. The second-order valence-electron chi connectivity index (χ2n) is 6.32. The molecule has 0 unspecified atom stereocenters. The summed E-state index contributed by atoms with van der Waals surface area (Å²) in [4.78, 5) is 12.4. The highest BCUT2D eigenvalue weighted by atomic mass is 16.5. The van der Waals surface area contributed by atoms with Gasteiger partial charge in [-0.3, -0.25) is 4.79 Å². The first-order valence-corrected chi connectivity index (χ1v) is 9.35. The van der Waals surface area contributed by atoms with Crippen molar-refractivity contribution < 1.29 is 19.0 Å². The fraction of sp³-hybridized carbons (Fsp3) is 0.409. The lowest BCUT2D eigenvalue weighted by Crippen LogP contribution is -2.36. The molecule has 0 radical (unpaired) electrons. The van der Waals surface area contributed by atoms with E-state index in [0.29, 0.717) is 31.3 Å². The van der Waals surface area contributed by atoms with Gasteiger partial charge in [0, 0.05) is 6.54 Å². The monoisotopic (exact) mass is 371 g/mol. The average Bonchev–Trinajstić information content (AvgIpc) is 2.65. The molecule has 0 aliphatic heterocycles. The summed E-state index contributed by atoms with van der Waals surface area (Å²) in [6, 6.07) is 11.5. The van der Waals surface area contributed by atoms with Crippen LogP contribution in [0.15, 0.2) is 36.4 Å². The van der Waals surface area contributed by atoms with Gasteiger partial charge in [-0.05, 0) is 69.5 Å². The van der Waals surface area contributed by atoms with Gasteiger partial charge in [-0.1, -0.05) is 18.2 Å². The molecule has 0 bridgehead atoms. The Hall–Kier alpha value is -2.69. The topological polar surface area (TPSA) is 56.8 Å². The minimum Gasteiger partial charge on any atom is -0.490 e. The predicted octanol–water partition coefficient (Wildman–Crippen LogP) is 4.18. The molecule has 1 atom stereocenters. The van der Waals surface area contributed by atoms with Gasteiger partial charge in [0.05, 0.1) is 13.2 Å². The molecule has 1 amide bonds. The van der Waals surface area contributed by atoms with Gasteiger partial charge in [-0.2, -0.15) is 0 Å². The summed E-state index contributed by atoms with van der Waals surface area (Å²) >= 11 is 0. The zero-order valence-corrected chi connectivity index (χ0v) is 16.8. The minimum absolute atomic E-state index is 0.164. The molecule has 0 aliphatic rings. The number of carbonyl (C=O) groups is 1. The van der Waals surface area contributed by atoms with Crippen LogP contribution < -0.4 is 19.5 Å². The van der Waals surface area contributed by atoms with E-state index in [0.717, 1.165) is 22.4 Å². The van der Waals surface area contributed by atoms with E-state index in [9.17, 15) is 4.79 Å². The largest absolute Gasteiger partial charge is 0.490 e. The number of nitrogens with one attached hydrogen (secondary N) is 1. The van der Waals surface area contributed by atoms with Crippen molar-refractivity contribution in [2.24, 2.45) is 0 Å². The molecule has 0 aromatic heterocycles. The van der Waals surface area contributed by atoms with Crippen LogP contribution in [0.2, 0.25) is 0 Å². The molecule has 1 N–H and O–H groups in total. The summed E-state index contributed by atoms with van der Waals surface area (Å²) in [5, 5.41) is 2.91. The molecule has 0 saturated heterocycles. The van der Waals surface area contributed by atoms with Gasteiger partial charge in [0.1, 0.15) is 5.75 Å². The van der Waals surface area contributed by atoms with Crippen LogP contribution >= 0.6 is 0 Å². The zero-order chi connectivity index (χ0) is 19.8. The maximum Gasteiger partial charge on any atom is 0.261 e. The number of ether oxygens (including phenoxy) is 3. The fourth-order valence-corrected chi connectivity index (χ4v) is 2.63. The fourth-order valence-electron chi connectivity index (χ4n) is 2.63. The second-order valence-corrected chi connectivity index (χ2v) is 6.32. The first-order chi connectivity index (χ1) is 13.0. The molecule has 0 heterocycles. The first-order valence-electron chi connectivity index (χ1n) is 9.35. The van der Waals surface area contributed by atoms with Crippen LogP contribution in [0.3, 0.4) is 0 Å². The Morgan fingerprint density at radius 2 is 1.70 bits per heavy atom. The normalized spacial score (nSPS) is 11.6. The third-order valence-electron chi connectivity index (χ3n) is 4.30. The molecule has 27 heavy (non-hydrogen) atoms. The number of hydrogen-bond acceptors (Lipinski definition) is 4.